The van der Waals surface area contributed by atoms with Gasteiger partial charge in [0.15, 0.2) is 0 Å². The summed E-state index contributed by atoms with van der Waals surface area (Å²) in [7, 11) is 0. The number of amides is 1. The predicted octanol–water partition coefficient (Wildman–Crippen LogP) is 1.97. The monoisotopic (exact) mass is 301 g/mol. The van der Waals surface area contributed by atoms with E-state index >= 15 is 0 Å². The summed E-state index contributed by atoms with van der Waals surface area (Å²) in [6, 6.07) is 9.76. The number of aryl methyl sites for hydroxylation is 1. The van der Waals surface area contributed by atoms with Crippen LogP contribution in [0.2, 0.25) is 0 Å². The first-order chi connectivity index (χ1) is 10.5. The van der Waals surface area contributed by atoms with E-state index in [0.717, 1.165) is 22.6 Å². The van der Waals surface area contributed by atoms with Crippen LogP contribution in [0.25, 0.3) is 5.69 Å². The summed E-state index contributed by atoms with van der Waals surface area (Å²) in [5, 5.41) is 15.8. The zero-order valence-electron chi connectivity index (χ0n) is 12.7. The highest BCUT2D eigenvalue weighted by Gasteiger charge is 2.13. The molecule has 0 spiro atoms. The van der Waals surface area contributed by atoms with Gasteiger partial charge < -0.3 is 10.4 Å². The molecule has 6 heteroatoms. The van der Waals surface area contributed by atoms with Crippen molar-refractivity contribution in [1.82, 2.24) is 15.1 Å². The van der Waals surface area contributed by atoms with Gasteiger partial charge in [-0.1, -0.05) is 18.2 Å². The third-order valence-corrected chi connectivity index (χ3v) is 3.47. The molecule has 22 heavy (non-hydrogen) atoms. The number of carbonyl (C=O) groups excluding carboxylic acids is 1. The Morgan fingerprint density at radius 3 is 2.50 bits per heavy atom. The van der Waals surface area contributed by atoms with Gasteiger partial charge in [-0.3, -0.25) is 9.59 Å². The lowest BCUT2D eigenvalue weighted by molar-refractivity contribution is -0.138. The molecule has 116 valence electrons. The van der Waals surface area contributed by atoms with E-state index in [1.165, 1.54) is 0 Å². The van der Waals surface area contributed by atoms with E-state index in [-0.39, 0.29) is 18.7 Å². The van der Waals surface area contributed by atoms with Gasteiger partial charge in [-0.05, 0) is 26.0 Å². The second-order valence-electron chi connectivity index (χ2n) is 5.07. The van der Waals surface area contributed by atoms with Gasteiger partial charge in [0.1, 0.15) is 0 Å². The molecule has 0 saturated carbocycles. The molecule has 1 heterocycles. The number of aliphatic carboxylic acids is 1. The Kier molecular flexibility index (Phi) is 4.93. The van der Waals surface area contributed by atoms with Crippen molar-refractivity contribution in [2.24, 2.45) is 0 Å². The fraction of sp³-hybridized carbons (Fsp3) is 0.312. The van der Waals surface area contributed by atoms with E-state index in [1.807, 2.05) is 48.9 Å². The Bertz CT molecular complexity index is 677. The first-order valence-electron chi connectivity index (χ1n) is 7.08. The van der Waals surface area contributed by atoms with Crippen LogP contribution in [0.1, 0.15) is 29.8 Å². The molecule has 0 fully saturated rings. The third kappa shape index (κ3) is 3.72. The normalized spacial score (nSPS) is 10.5. The molecule has 2 rings (SSSR count). The number of nitrogens with zero attached hydrogens (tertiary/aromatic N) is 2. The number of hydrogen-bond acceptors (Lipinski definition) is 3. The van der Waals surface area contributed by atoms with Crippen LogP contribution in [0.15, 0.2) is 30.3 Å². The molecule has 6 nitrogen and oxygen atoms in total. The predicted molar refractivity (Wildman–Crippen MR) is 81.8 cm³/mol. The number of benzene rings is 1. The van der Waals surface area contributed by atoms with Crippen molar-refractivity contribution < 1.29 is 14.7 Å². The van der Waals surface area contributed by atoms with Crippen molar-refractivity contribution >= 4 is 11.9 Å². The van der Waals surface area contributed by atoms with Crippen LogP contribution < -0.4 is 5.32 Å². The van der Waals surface area contributed by atoms with Crippen molar-refractivity contribution in [2.45, 2.75) is 33.2 Å². The van der Waals surface area contributed by atoms with Crippen molar-refractivity contribution in [3.63, 3.8) is 0 Å². The molecule has 1 amide bonds. The topological polar surface area (TPSA) is 84.2 Å². The standard InChI is InChI=1S/C16H19N3O3/c1-11-14(10-17-15(20)8-9-16(21)22)12(2)19(18-11)13-6-4-3-5-7-13/h3-7H,8-10H2,1-2H3,(H,17,20)(H,21,22). The highest BCUT2D eigenvalue weighted by molar-refractivity contribution is 5.80. The van der Waals surface area contributed by atoms with Gasteiger partial charge in [0.2, 0.25) is 5.91 Å². The van der Waals surface area contributed by atoms with E-state index in [0.29, 0.717) is 6.54 Å². The van der Waals surface area contributed by atoms with Crippen molar-refractivity contribution in [2.75, 3.05) is 0 Å². The first-order valence-corrected chi connectivity index (χ1v) is 7.08. The summed E-state index contributed by atoms with van der Waals surface area (Å²) < 4.78 is 1.84. The second kappa shape index (κ2) is 6.89. The lowest BCUT2D eigenvalue weighted by Crippen LogP contribution is -2.23. The first kappa shape index (κ1) is 15.8. The van der Waals surface area contributed by atoms with Crippen molar-refractivity contribution in [1.29, 1.82) is 0 Å². The number of carboxylic acids is 1. The highest BCUT2D eigenvalue weighted by Crippen LogP contribution is 2.17. The maximum absolute atomic E-state index is 11.6. The van der Waals surface area contributed by atoms with Crippen LogP contribution in [0.4, 0.5) is 0 Å². The largest absolute Gasteiger partial charge is 0.481 e. The van der Waals surface area contributed by atoms with Crippen LogP contribution in [-0.4, -0.2) is 26.8 Å². The Balaban J connectivity index is 2.08. The minimum atomic E-state index is -0.973. The lowest BCUT2D eigenvalue weighted by atomic mass is 10.2. The molecule has 0 bridgehead atoms. The molecule has 1 aromatic heterocycles. The van der Waals surface area contributed by atoms with Crippen LogP contribution in [0, 0.1) is 13.8 Å². The van der Waals surface area contributed by atoms with Crippen LogP contribution >= 0.6 is 0 Å². The number of aromatic nitrogens is 2. The fourth-order valence-electron chi connectivity index (χ4n) is 2.25. The highest BCUT2D eigenvalue weighted by atomic mass is 16.4. The minimum Gasteiger partial charge on any atom is -0.481 e. The van der Waals surface area contributed by atoms with Crippen molar-refractivity contribution in [3.8, 4) is 5.69 Å². The molecular weight excluding hydrogens is 282 g/mol. The van der Waals surface area contributed by atoms with Crippen molar-refractivity contribution in [3.05, 3.63) is 47.3 Å². The number of rotatable bonds is 6. The van der Waals surface area contributed by atoms with E-state index in [9.17, 15) is 9.59 Å². The molecule has 1 aromatic carbocycles. The molecule has 0 aliphatic heterocycles. The van der Waals surface area contributed by atoms with Crippen LogP contribution in [-0.2, 0) is 16.1 Å². The van der Waals surface area contributed by atoms with Crippen LogP contribution in [0.5, 0.6) is 0 Å². The zero-order valence-corrected chi connectivity index (χ0v) is 12.7. The third-order valence-electron chi connectivity index (χ3n) is 3.47. The molecule has 0 atom stereocenters. The maximum Gasteiger partial charge on any atom is 0.303 e. The molecule has 0 unspecified atom stereocenters. The fourth-order valence-corrected chi connectivity index (χ4v) is 2.25. The summed E-state index contributed by atoms with van der Waals surface area (Å²) in [4.78, 5) is 22.1. The van der Waals surface area contributed by atoms with E-state index in [4.69, 9.17) is 5.11 Å². The molecule has 2 aromatic rings. The summed E-state index contributed by atoms with van der Waals surface area (Å²) in [5.41, 5.74) is 3.72. The quantitative estimate of drug-likeness (QED) is 0.854. The Morgan fingerprint density at radius 1 is 1.18 bits per heavy atom. The Morgan fingerprint density at radius 2 is 1.86 bits per heavy atom. The smallest absolute Gasteiger partial charge is 0.303 e. The van der Waals surface area contributed by atoms with Gasteiger partial charge in [0.05, 0.1) is 17.8 Å². The van der Waals surface area contributed by atoms with E-state index in [2.05, 4.69) is 10.4 Å². The van der Waals surface area contributed by atoms with Gasteiger partial charge in [-0.2, -0.15) is 5.10 Å². The SMILES string of the molecule is Cc1nn(-c2ccccc2)c(C)c1CNC(=O)CCC(=O)O. The summed E-state index contributed by atoms with van der Waals surface area (Å²) in [5.74, 6) is -1.24. The summed E-state index contributed by atoms with van der Waals surface area (Å²) in [6.07, 6.45) is -0.173. The lowest BCUT2D eigenvalue weighted by Gasteiger charge is -2.06. The molecular formula is C16H19N3O3. The minimum absolute atomic E-state index is 0.0136. The van der Waals surface area contributed by atoms with Crippen LogP contribution in [0.3, 0.4) is 0 Å². The molecule has 0 aliphatic carbocycles. The summed E-state index contributed by atoms with van der Waals surface area (Å²) >= 11 is 0. The molecule has 2 N–H and O–H groups in total. The summed E-state index contributed by atoms with van der Waals surface area (Å²) in [6.45, 7) is 4.19. The number of carboxylic acid groups (broad SMARTS) is 1. The van der Waals surface area contributed by atoms with Gasteiger partial charge in [0.25, 0.3) is 0 Å². The van der Waals surface area contributed by atoms with Gasteiger partial charge in [-0.25, -0.2) is 4.68 Å². The number of hydrogen-bond donors (Lipinski definition) is 2. The average Bonchev–Trinajstić information content (AvgIpc) is 2.79. The van der Waals surface area contributed by atoms with Gasteiger partial charge >= 0.3 is 5.97 Å². The molecule has 0 saturated heterocycles. The average molecular weight is 301 g/mol. The van der Waals surface area contributed by atoms with Gasteiger partial charge in [-0.15, -0.1) is 0 Å². The molecule has 0 aliphatic rings. The number of para-hydroxylation sites is 1. The zero-order chi connectivity index (χ0) is 16.1. The number of carbonyl (C=O) groups is 2. The van der Waals surface area contributed by atoms with E-state index in [1.54, 1.807) is 0 Å². The van der Waals surface area contributed by atoms with E-state index < -0.39 is 5.97 Å². The Hall–Kier alpha value is -2.63. The molecule has 0 radical (unpaired) electrons. The Labute approximate surface area is 128 Å². The van der Waals surface area contributed by atoms with Gasteiger partial charge in [0, 0.05) is 24.2 Å². The maximum atomic E-state index is 11.6. The number of nitrogens with one attached hydrogen (secondary N) is 1. The second-order valence-corrected chi connectivity index (χ2v) is 5.07.